The molecule has 2 aromatic rings. The van der Waals surface area contributed by atoms with Gasteiger partial charge in [0.2, 0.25) is 0 Å². The van der Waals surface area contributed by atoms with E-state index in [2.05, 4.69) is 0 Å². The van der Waals surface area contributed by atoms with Crippen LogP contribution in [-0.2, 0) is 0 Å². The Hall–Kier alpha value is -2.69. The SMILES string of the molecule is COc1cccc(C(=O)N2CCC(Oc3ccccc3)CC2)c1OC. The molecule has 0 bridgehead atoms. The van der Waals surface area contributed by atoms with Crippen LogP contribution in [0.2, 0.25) is 0 Å². The minimum Gasteiger partial charge on any atom is -0.493 e. The van der Waals surface area contributed by atoms with Gasteiger partial charge in [-0.2, -0.15) is 0 Å². The molecular formula is C20H23NO4. The number of benzene rings is 2. The number of amides is 1. The Kier molecular flexibility index (Phi) is 5.43. The highest BCUT2D eigenvalue weighted by atomic mass is 16.5. The van der Waals surface area contributed by atoms with Gasteiger partial charge in [0.25, 0.3) is 5.91 Å². The quantitative estimate of drug-likeness (QED) is 0.836. The topological polar surface area (TPSA) is 48.0 Å². The van der Waals surface area contributed by atoms with E-state index in [1.165, 1.54) is 0 Å². The Morgan fingerprint density at radius 3 is 2.32 bits per heavy atom. The highest BCUT2D eigenvalue weighted by Crippen LogP contribution is 2.32. The maximum Gasteiger partial charge on any atom is 0.257 e. The first-order valence-corrected chi connectivity index (χ1v) is 8.45. The lowest BCUT2D eigenvalue weighted by atomic mass is 10.1. The van der Waals surface area contributed by atoms with Gasteiger partial charge in [-0.25, -0.2) is 0 Å². The van der Waals surface area contributed by atoms with E-state index in [0.717, 1.165) is 18.6 Å². The number of rotatable bonds is 5. The highest BCUT2D eigenvalue weighted by molar-refractivity contribution is 5.97. The molecule has 1 aliphatic heterocycles. The van der Waals surface area contributed by atoms with Gasteiger partial charge in [-0.05, 0) is 24.3 Å². The van der Waals surface area contributed by atoms with Crippen LogP contribution in [0.3, 0.4) is 0 Å². The number of methoxy groups -OCH3 is 2. The molecule has 0 atom stereocenters. The highest BCUT2D eigenvalue weighted by Gasteiger charge is 2.27. The Morgan fingerprint density at radius 2 is 1.68 bits per heavy atom. The number of ether oxygens (including phenoxy) is 3. The number of hydrogen-bond donors (Lipinski definition) is 0. The Labute approximate surface area is 148 Å². The van der Waals surface area contributed by atoms with E-state index in [1.807, 2.05) is 35.2 Å². The van der Waals surface area contributed by atoms with E-state index in [4.69, 9.17) is 14.2 Å². The van der Waals surface area contributed by atoms with Crippen molar-refractivity contribution in [2.24, 2.45) is 0 Å². The van der Waals surface area contributed by atoms with Gasteiger partial charge in [0, 0.05) is 25.9 Å². The molecule has 0 aliphatic carbocycles. The number of carbonyl (C=O) groups excluding carboxylic acids is 1. The third kappa shape index (κ3) is 3.87. The third-order valence-electron chi connectivity index (χ3n) is 4.41. The van der Waals surface area contributed by atoms with E-state index < -0.39 is 0 Å². The second-order valence-corrected chi connectivity index (χ2v) is 5.96. The predicted octanol–water partition coefficient (Wildman–Crippen LogP) is 3.39. The lowest BCUT2D eigenvalue weighted by Crippen LogP contribution is -2.41. The monoisotopic (exact) mass is 341 g/mol. The summed E-state index contributed by atoms with van der Waals surface area (Å²) < 4.78 is 16.7. The van der Waals surface area contributed by atoms with Crippen molar-refractivity contribution in [3.05, 3.63) is 54.1 Å². The van der Waals surface area contributed by atoms with Gasteiger partial charge in [0.05, 0.1) is 19.8 Å². The number of hydrogen-bond acceptors (Lipinski definition) is 4. The first kappa shape index (κ1) is 17.1. The van der Waals surface area contributed by atoms with Crippen LogP contribution in [0.15, 0.2) is 48.5 Å². The van der Waals surface area contributed by atoms with Crippen LogP contribution in [0.5, 0.6) is 17.2 Å². The van der Waals surface area contributed by atoms with E-state index in [1.54, 1.807) is 32.4 Å². The molecule has 3 rings (SSSR count). The summed E-state index contributed by atoms with van der Waals surface area (Å²) >= 11 is 0. The summed E-state index contributed by atoms with van der Waals surface area (Å²) in [7, 11) is 3.12. The number of likely N-dealkylation sites (tertiary alicyclic amines) is 1. The zero-order valence-corrected chi connectivity index (χ0v) is 14.6. The first-order valence-electron chi connectivity index (χ1n) is 8.45. The van der Waals surface area contributed by atoms with Crippen LogP contribution >= 0.6 is 0 Å². The van der Waals surface area contributed by atoms with Crippen molar-refractivity contribution in [3.8, 4) is 17.2 Å². The molecular weight excluding hydrogens is 318 g/mol. The zero-order valence-electron chi connectivity index (χ0n) is 14.6. The standard InChI is InChI=1S/C20H23NO4/c1-23-18-10-6-9-17(19(18)24-2)20(22)21-13-11-16(12-14-21)25-15-7-4-3-5-8-15/h3-10,16H,11-14H2,1-2H3. The molecule has 132 valence electrons. The maximum atomic E-state index is 12.9. The summed E-state index contributed by atoms with van der Waals surface area (Å²) in [5.41, 5.74) is 0.532. The molecule has 0 spiro atoms. The van der Waals surface area contributed by atoms with Gasteiger partial charge in [-0.15, -0.1) is 0 Å². The fourth-order valence-electron chi connectivity index (χ4n) is 3.09. The predicted molar refractivity (Wildman–Crippen MR) is 95.5 cm³/mol. The van der Waals surface area contributed by atoms with Crippen LogP contribution in [0, 0.1) is 0 Å². The molecule has 5 nitrogen and oxygen atoms in total. The van der Waals surface area contributed by atoms with Crippen molar-refractivity contribution in [2.45, 2.75) is 18.9 Å². The van der Waals surface area contributed by atoms with E-state index in [0.29, 0.717) is 30.2 Å². The van der Waals surface area contributed by atoms with Gasteiger partial charge < -0.3 is 19.1 Å². The van der Waals surface area contributed by atoms with Gasteiger partial charge in [-0.3, -0.25) is 4.79 Å². The lowest BCUT2D eigenvalue weighted by Gasteiger charge is -2.32. The molecule has 25 heavy (non-hydrogen) atoms. The van der Waals surface area contributed by atoms with Crippen LogP contribution in [-0.4, -0.2) is 44.2 Å². The van der Waals surface area contributed by atoms with Crippen molar-refractivity contribution in [1.29, 1.82) is 0 Å². The van der Waals surface area contributed by atoms with Crippen LogP contribution in [0.1, 0.15) is 23.2 Å². The minimum absolute atomic E-state index is 0.0334. The smallest absolute Gasteiger partial charge is 0.257 e. The molecule has 0 unspecified atom stereocenters. The molecule has 1 heterocycles. The average molecular weight is 341 g/mol. The summed E-state index contributed by atoms with van der Waals surface area (Å²) in [6, 6.07) is 15.2. The number of para-hydroxylation sites is 2. The fraction of sp³-hybridized carbons (Fsp3) is 0.350. The molecule has 0 saturated carbocycles. The molecule has 1 fully saturated rings. The van der Waals surface area contributed by atoms with Gasteiger partial charge in [-0.1, -0.05) is 24.3 Å². The van der Waals surface area contributed by atoms with Crippen LogP contribution in [0.4, 0.5) is 0 Å². The first-order chi connectivity index (χ1) is 12.2. The Bertz CT molecular complexity index is 709. The van der Waals surface area contributed by atoms with E-state index in [9.17, 15) is 4.79 Å². The molecule has 0 radical (unpaired) electrons. The van der Waals surface area contributed by atoms with Crippen molar-refractivity contribution >= 4 is 5.91 Å². The molecule has 2 aromatic carbocycles. The minimum atomic E-state index is -0.0334. The fourth-order valence-corrected chi connectivity index (χ4v) is 3.09. The molecule has 0 N–H and O–H groups in total. The van der Waals surface area contributed by atoms with Gasteiger partial charge >= 0.3 is 0 Å². The summed E-state index contributed by atoms with van der Waals surface area (Å²) in [6.45, 7) is 1.33. The van der Waals surface area contributed by atoms with Crippen molar-refractivity contribution in [3.63, 3.8) is 0 Å². The van der Waals surface area contributed by atoms with Crippen LogP contribution in [0.25, 0.3) is 0 Å². The lowest BCUT2D eigenvalue weighted by molar-refractivity contribution is 0.0592. The maximum absolute atomic E-state index is 12.9. The Morgan fingerprint density at radius 1 is 0.960 bits per heavy atom. The summed E-state index contributed by atoms with van der Waals surface area (Å²) in [4.78, 5) is 14.7. The average Bonchev–Trinajstić information content (AvgIpc) is 2.68. The number of carbonyl (C=O) groups is 1. The van der Waals surface area contributed by atoms with Crippen molar-refractivity contribution in [2.75, 3.05) is 27.3 Å². The molecule has 1 aliphatic rings. The summed E-state index contributed by atoms with van der Waals surface area (Å²) in [5.74, 6) is 1.89. The second kappa shape index (κ2) is 7.92. The zero-order chi connectivity index (χ0) is 17.6. The summed E-state index contributed by atoms with van der Waals surface area (Å²) in [5, 5.41) is 0. The molecule has 0 aromatic heterocycles. The third-order valence-corrected chi connectivity index (χ3v) is 4.41. The van der Waals surface area contributed by atoms with E-state index in [-0.39, 0.29) is 12.0 Å². The Balaban J connectivity index is 1.64. The molecule has 1 saturated heterocycles. The van der Waals surface area contributed by atoms with Gasteiger partial charge in [0.1, 0.15) is 11.9 Å². The number of piperidine rings is 1. The van der Waals surface area contributed by atoms with Crippen molar-refractivity contribution in [1.82, 2.24) is 4.90 Å². The van der Waals surface area contributed by atoms with Crippen molar-refractivity contribution < 1.29 is 19.0 Å². The summed E-state index contributed by atoms with van der Waals surface area (Å²) in [6.07, 6.45) is 1.76. The molecule has 5 heteroatoms. The second-order valence-electron chi connectivity index (χ2n) is 5.96. The number of nitrogens with zero attached hydrogens (tertiary/aromatic N) is 1. The normalized spacial score (nSPS) is 14.9. The largest absolute Gasteiger partial charge is 0.493 e. The van der Waals surface area contributed by atoms with E-state index >= 15 is 0 Å². The van der Waals surface area contributed by atoms with Crippen LogP contribution < -0.4 is 14.2 Å². The molecule has 1 amide bonds. The van der Waals surface area contributed by atoms with Gasteiger partial charge in [0.15, 0.2) is 11.5 Å².